The Balaban J connectivity index is 1.37. The molecule has 2 heterocycles. The minimum atomic E-state index is -0.218. The minimum Gasteiger partial charge on any atom is -0.192 e. The molecule has 0 radical (unpaired) electrons. The predicted octanol–water partition coefficient (Wildman–Crippen LogP) is 8.14. The molecule has 3 nitrogen and oxygen atoms in total. The normalized spacial score (nSPS) is 13.4. The first kappa shape index (κ1) is 22.3. The molecule has 0 atom stereocenters. The van der Waals surface area contributed by atoms with Crippen molar-refractivity contribution in [1.29, 1.82) is 5.26 Å². The number of hydrogen-bond donors (Lipinski definition) is 0. The summed E-state index contributed by atoms with van der Waals surface area (Å²) in [6.07, 6.45) is 0. The van der Waals surface area contributed by atoms with Gasteiger partial charge in [-0.2, -0.15) is 5.26 Å². The van der Waals surface area contributed by atoms with Crippen LogP contribution in [0, 0.1) is 11.3 Å². The summed E-state index contributed by atoms with van der Waals surface area (Å²) in [6, 6.07) is 37.6. The van der Waals surface area contributed by atoms with Crippen LogP contribution in [0.5, 0.6) is 0 Å². The molecule has 0 saturated heterocycles. The van der Waals surface area contributed by atoms with Gasteiger partial charge in [0.25, 0.3) is 0 Å². The zero-order valence-electron chi connectivity index (χ0n) is 20.1. The SMILES string of the molecule is CC1(C)c2cc(C#N)ccc2Sc2c(-c3ccc(-c4cccc(-c5ccccc5)c4)nn3)cccc21. The van der Waals surface area contributed by atoms with Gasteiger partial charge in [-0.05, 0) is 58.7 Å². The molecule has 4 heteroatoms. The second-order valence-electron chi connectivity index (χ2n) is 9.48. The third kappa shape index (κ3) is 3.79. The second-order valence-corrected chi connectivity index (χ2v) is 10.5. The van der Waals surface area contributed by atoms with Crippen molar-refractivity contribution in [3.05, 3.63) is 120 Å². The summed E-state index contributed by atoms with van der Waals surface area (Å²) in [5.41, 5.74) is 9.09. The number of fused-ring (bicyclic) bond motifs is 2. The first-order chi connectivity index (χ1) is 17.5. The van der Waals surface area contributed by atoms with Crippen molar-refractivity contribution in [2.45, 2.75) is 29.1 Å². The lowest BCUT2D eigenvalue weighted by Crippen LogP contribution is -2.24. The lowest BCUT2D eigenvalue weighted by atomic mass is 9.76. The molecule has 0 fully saturated rings. The van der Waals surface area contributed by atoms with Crippen LogP contribution in [0.15, 0.2) is 113 Å². The van der Waals surface area contributed by atoms with E-state index in [9.17, 15) is 5.26 Å². The zero-order valence-corrected chi connectivity index (χ0v) is 20.9. The zero-order chi connectivity index (χ0) is 24.7. The summed E-state index contributed by atoms with van der Waals surface area (Å²) in [6.45, 7) is 4.45. The average molecular weight is 482 g/mol. The fraction of sp³-hybridized carbons (Fsp3) is 0.0938. The van der Waals surface area contributed by atoms with E-state index in [-0.39, 0.29) is 5.41 Å². The molecule has 1 aliphatic heterocycles. The number of aromatic nitrogens is 2. The number of nitrogens with zero attached hydrogens (tertiary/aromatic N) is 3. The van der Waals surface area contributed by atoms with Gasteiger partial charge in [-0.15, -0.1) is 10.2 Å². The van der Waals surface area contributed by atoms with Crippen LogP contribution in [0.4, 0.5) is 0 Å². The van der Waals surface area contributed by atoms with E-state index in [0.29, 0.717) is 5.56 Å². The topological polar surface area (TPSA) is 49.6 Å². The monoisotopic (exact) mass is 481 g/mol. The van der Waals surface area contributed by atoms with Crippen LogP contribution in [0.3, 0.4) is 0 Å². The van der Waals surface area contributed by atoms with Crippen LogP contribution in [-0.2, 0) is 5.41 Å². The van der Waals surface area contributed by atoms with Gasteiger partial charge in [-0.1, -0.05) is 92.3 Å². The average Bonchev–Trinajstić information content (AvgIpc) is 2.93. The smallest absolute Gasteiger partial charge is 0.0991 e. The summed E-state index contributed by atoms with van der Waals surface area (Å²) >= 11 is 1.75. The minimum absolute atomic E-state index is 0.218. The molecular weight excluding hydrogens is 458 g/mol. The summed E-state index contributed by atoms with van der Waals surface area (Å²) in [5.74, 6) is 0. The van der Waals surface area contributed by atoms with E-state index >= 15 is 0 Å². The Labute approximate surface area is 215 Å². The molecule has 0 unspecified atom stereocenters. The molecular formula is C32H23N3S. The van der Waals surface area contributed by atoms with Gasteiger partial charge in [0.2, 0.25) is 0 Å². The first-order valence-corrected chi connectivity index (χ1v) is 12.7. The van der Waals surface area contributed by atoms with Gasteiger partial charge in [0.15, 0.2) is 0 Å². The van der Waals surface area contributed by atoms with Crippen LogP contribution in [0.2, 0.25) is 0 Å². The van der Waals surface area contributed by atoms with Gasteiger partial charge in [0.05, 0.1) is 23.0 Å². The predicted molar refractivity (Wildman–Crippen MR) is 146 cm³/mol. The highest BCUT2D eigenvalue weighted by Gasteiger charge is 2.34. The van der Waals surface area contributed by atoms with Gasteiger partial charge in [-0.25, -0.2) is 0 Å². The third-order valence-electron chi connectivity index (χ3n) is 6.89. The van der Waals surface area contributed by atoms with Crippen LogP contribution in [0.1, 0.15) is 30.5 Å². The van der Waals surface area contributed by atoms with Crippen LogP contribution >= 0.6 is 11.8 Å². The Kier molecular flexibility index (Phi) is 5.44. The van der Waals surface area contributed by atoms with E-state index in [0.717, 1.165) is 28.1 Å². The van der Waals surface area contributed by atoms with Crippen molar-refractivity contribution in [3.63, 3.8) is 0 Å². The lowest BCUT2D eigenvalue weighted by Gasteiger charge is -2.35. The van der Waals surface area contributed by atoms with Crippen molar-refractivity contribution in [2.24, 2.45) is 0 Å². The van der Waals surface area contributed by atoms with E-state index in [1.165, 1.54) is 26.5 Å². The largest absolute Gasteiger partial charge is 0.192 e. The van der Waals surface area contributed by atoms with Crippen molar-refractivity contribution in [3.8, 4) is 39.7 Å². The molecule has 6 rings (SSSR count). The molecule has 0 saturated carbocycles. The Morgan fingerprint density at radius 3 is 2.17 bits per heavy atom. The molecule has 172 valence electrons. The molecule has 1 aliphatic rings. The number of nitriles is 1. The highest BCUT2D eigenvalue weighted by atomic mass is 32.2. The van der Waals surface area contributed by atoms with Gasteiger partial charge in [0, 0.05) is 26.3 Å². The van der Waals surface area contributed by atoms with E-state index in [2.05, 4.69) is 115 Å². The molecule has 5 aromatic rings. The van der Waals surface area contributed by atoms with Crippen molar-refractivity contribution < 1.29 is 0 Å². The molecule has 0 spiro atoms. The molecule has 1 aromatic heterocycles. The summed E-state index contributed by atoms with van der Waals surface area (Å²) in [5, 5.41) is 18.7. The van der Waals surface area contributed by atoms with Gasteiger partial charge in [-0.3, -0.25) is 0 Å². The number of hydrogen-bond acceptors (Lipinski definition) is 4. The standard InChI is InChI=1S/C32H23N3S/c1-32(2)26-13-7-12-25(31(26)36-30-17-14-21(20-33)18-27(30)32)29-16-15-28(34-35-29)24-11-6-10-23(19-24)22-8-4-3-5-9-22/h3-19H,1-2H3. The van der Waals surface area contributed by atoms with Crippen molar-refractivity contribution in [1.82, 2.24) is 10.2 Å². The summed E-state index contributed by atoms with van der Waals surface area (Å²) < 4.78 is 0. The van der Waals surface area contributed by atoms with E-state index < -0.39 is 0 Å². The van der Waals surface area contributed by atoms with Gasteiger partial charge >= 0.3 is 0 Å². The lowest BCUT2D eigenvalue weighted by molar-refractivity contribution is 0.607. The second kappa shape index (κ2) is 8.78. The van der Waals surface area contributed by atoms with Crippen LogP contribution < -0.4 is 0 Å². The maximum absolute atomic E-state index is 9.40. The van der Waals surface area contributed by atoms with E-state index in [1.807, 2.05) is 18.2 Å². The molecule has 0 bridgehead atoms. The molecule has 0 amide bonds. The Morgan fingerprint density at radius 2 is 1.39 bits per heavy atom. The Bertz CT molecular complexity index is 1630. The van der Waals surface area contributed by atoms with Gasteiger partial charge < -0.3 is 0 Å². The number of rotatable bonds is 3. The first-order valence-electron chi connectivity index (χ1n) is 11.9. The fourth-order valence-electron chi connectivity index (χ4n) is 4.89. The maximum atomic E-state index is 9.40. The highest BCUT2D eigenvalue weighted by Crippen LogP contribution is 2.52. The number of benzene rings is 4. The highest BCUT2D eigenvalue weighted by molar-refractivity contribution is 7.99. The molecule has 36 heavy (non-hydrogen) atoms. The Hall–Kier alpha value is -4.20. The summed E-state index contributed by atoms with van der Waals surface area (Å²) in [7, 11) is 0. The molecule has 4 aromatic carbocycles. The Morgan fingerprint density at radius 1 is 0.667 bits per heavy atom. The van der Waals surface area contributed by atoms with E-state index in [1.54, 1.807) is 11.8 Å². The van der Waals surface area contributed by atoms with Crippen LogP contribution in [-0.4, -0.2) is 10.2 Å². The maximum Gasteiger partial charge on any atom is 0.0991 e. The van der Waals surface area contributed by atoms with Crippen LogP contribution in [0.25, 0.3) is 33.6 Å². The van der Waals surface area contributed by atoms with Crippen molar-refractivity contribution >= 4 is 11.8 Å². The molecule has 0 N–H and O–H groups in total. The third-order valence-corrected chi connectivity index (χ3v) is 8.11. The van der Waals surface area contributed by atoms with E-state index in [4.69, 9.17) is 0 Å². The molecule has 0 aliphatic carbocycles. The summed E-state index contributed by atoms with van der Waals surface area (Å²) in [4.78, 5) is 2.38. The quantitative estimate of drug-likeness (QED) is 0.261. The van der Waals surface area contributed by atoms with Gasteiger partial charge in [0.1, 0.15) is 0 Å². The van der Waals surface area contributed by atoms with Crippen molar-refractivity contribution in [2.75, 3.05) is 0 Å². The fourth-order valence-corrected chi connectivity index (χ4v) is 6.39.